The van der Waals surface area contributed by atoms with Crippen LogP contribution in [0.3, 0.4) is 0 Å². The van der Waals surface area contributed by atoms with Crippen LogP contribution in [0.4, 0.5) is 0 Å². The van der Waals surface area contributed by atoms with Crippen LogP contribution in [-0.4, -0.2) is 29.9 Å². The van der Waals surface area contributed by atoms with E-state index in [0.29, 0.717) is 18.6 Å². The Bertz CT molecular complexity index is 1130. The van der Waals surface area contributed by atoms with E-state index in [1.807, 2.05) is 13.0 Å². The molecule has 0 radical (unpaired) electrons. The highest BCUT2D eigenvalue weighted by Gasteiger charge is 2.70. The van der Waals surface area contributed by atoms with Crippen LogP contribution in [0.15, 0.2) is 11.6 Å². The zero-order valence-electron chi connectivity index (χ0n) is 24.9. The lowest BCUT2D eigenvalue weighted by Gasteiger charge is -2.70. The molecule has 0 aromatic heterocycles. The number of carbonyl (C=O) groups is 4. The first-order chi connectivity index (χ1) is 17.4. The zero-order chi connectivity index (χ0) is 28.1. The lowest BCUT2D eigenvalue weighted by molar-refractivity contribution is -0.187. The number of esters is 1. The van der Waals surface area contributed by atoms with E-state index in [0.717, 1.165) is 44.9 Å². The van der Waals surface area contributed by atoms with Gasteiger partial charge < -0.3 is 4.74 Å². The van der Waals surface area contributed by atoms with Gasteiger partial charge >= 0.3 is 5.97 Å². The maximum Gasteiger partial charge on any atom is 0.303 e. The second kappa shape index (κ2) is 8.36. The third kappa shape index (κ3) is 3.54. The second-order valence-corrected chi connectivity index (χ2v) is 15.6. The Morgan fingerprint density at radius 2 is 1.58 bits per heavy atom. The Morgan fingerprint density at radius 1 is 0.921 bits per heavy atom. The van der Waals surface area contributed by atoms with Crippen LogP contribution in [0.5, 0.6) is 0 Å². The molecule has 0 amide bonds. The Hall–Kier alpha value is -1.78. The number of ketones is 3. The average molecular weight is 525 g/mol. The van der Waals surface area contributed by atoms with E-state index in [1.54, 1.807) is 0 Å². The molecule has 0 aliphatic heterocycles. The summed E-state index contributed by atoms with van der Waals surface area (Å²) in [6.07, 6.45) is 9.94. The van der Waals surface area contributed by atoms with Gasteiger partial charge in [-0.15, -0.1) is 0 Å². The van der Waals surface area contributed by atoms with Crippen LogP contribution in [0, 0.1) is 50.2 Å². The Balaban J connectivity index is 1.55. The van der Waals surface area contributed by atoms with Crippen molar-refractivity contribution in [2.24, 2.45) is 50.2 Å². The molecule has 0 heterocycles. The second-order valence-electron chi connectivity index (χ2n) is 15.6. The molecule has 38 heavy (non-hydrogen) atoms. The van der Waals surface area contributed by atoms with Gasteiger partial charge in [-0.05, 0) is 90.9 Å². The van der Waals surface area contributed by atoms with Gasteiger partial charge in [-0.2, -0.15) is 0 Å². The molecule has 210 valence electrons. The molecule has 0 aromatic carbocycles. The SMILES string of the molecule is CC(=O)OCC(=O)[C@]1(C)CC[C@@]2(C)CC[C@]3(C)C(=CC(=O)[C@H]4[C@@]5(C)CCC(=O)C(C)(C)[C@@H]5CC[C@@]43C)[C@@H]2C1. The summed E-state index contributed by atoms with van der Waals surface area (Å²) in [6, 6.07) is 0. The molecule has 5 nitrogen and oxygen atoms in total. The van der Waals surface area contributed by atoms with Crippen molar-refractivity contribution in [2.45, 2.75) is 113 Å². The molecule has 4 fully saturated rings. The van der Waals surface area contributed by atoms with E-state index < -0.39 is 16.8 Å². The first-order valence-corrected chi connectivity index (χ1v) is 14.9. The third-order valence-corrected chi connectivity index (χ3v) is 13.4. The van der Waals surface area contributed by atoms with E-state index in [1.165, 1.54) is 12.5 Å². The summed E-state index contributed by atoms with van der Waals surface area (Å²) in [5.41, 5.74) is -0.0894. The van der Waals surface area contributed by atoms with E-state index >= 15 is 0 Å². The molecule has 8 atom stereocenters. The van der Waals surface area contributed by atoms with Crippen LogP contribution < -0.4 is 0 Å². The summed E-state index contributed by atoms with van der Waals surface area (Å²) in [7, 11) is 0. The molecule has 0 N–H and O–H groups in total. The summed E-state index contributed by atoms with van der Waals surface area (Å²) in [4.78, 5) is 52.0. The molecule has 0 unspecified atom stereocenters. The Kier molecular flexibility index (Phi) is 6.11. The average Bonchev–Trinajstić information content (AvgIpc) is 2.82. The van der Waals surface area contributed by atoms with Crippen molar-refractivity contribution < 1.29 is 23.9 Å². The number of Topliss-reactive ketones (excluding diaryl/α,β-unsaturated/α-hetero) is 2. The smallest absolute Gasteiger partial charge is 0.303 e. The van der Waals surface area contributed by atoms with Crippen molar-refractivity contribution in [1.29, 1.82) is 0 Å². The van der Waals surface area contributed by atoms with Crippen molar-refractivity contribution in [2.75, 3.05) is 6.61 Å². The Labute approximate surface area is 228 Å². The topological polar surface area (TPSA) is 77.5 Å². The minimum absolute atomic E-state index is 0.00373. The highest BCUT2D eigenvalue weighted by molar-refractivity contribution is 5.96. The predicted octanol–water partition coefficient (Wildman–Crippen LogP) is 6.67. The molecule has 5 aliphatic carbocycles. The van der Waals surface area contributed by atoms with Gasteiger partial charge in [0.15, 0.2) is 18.2 Å². The van der Waals surface area contributed by atoms with Crippen LogP contribution in [0.2, 0.25) is 0 Å². The van der Waals surface area contributed by atoms with Gasteiger partial charge in [0.1, 0.15) is 5.78 Å². The van der Waals surface area contributed by atoms with Gasteiger partial charge in [-0.3, -0.25) is 19.2 Å². The quantitative estimate of drug-likeness (QED) is 0.385. The number of hydrogen-bond acceptors (Lipinski definition) is 5. The van der Waals surface area contributed by atoms with Crippen LogP contribution >= 0.6 is 0 Å². The number of hydrogen-bond donors (Lipinski definition) is 0. The molecule has 0 saturated heterocycles. The number of rotatable bonds is 3. The highest BCUT2D eigenvalue weighted by Crippen LogP contribution is 2.74. The summed E-state index contributed by atoms with van der Waals surface area (Å²) >= 11 is 0. The van der Waals surface area contributed by atoms with Crippen LogP contribution in [0.1, 0.15) is 113 Å². The number of fused-ring (bicyclic) bond motifs is 7. The first-order valence-electron chi connectivity index (χ1n) is 14.9. The van der Waals surface area contributed by atoms with E-state index in [9.17, 15) is 19.2 Å². The van der Waals surface area contributed by atoms with Gasteiger partial charge in [0.2, 0.25) is 0 Å². The van der Waals surface area contributed by atoms with Crippen LogP contribution in [0.25, 0.3) is 0 Å². The van der Waals surface area contributed by atoms with Gasteiger partial charge in [0.05, 0.1) is 0 Å². The highest BCUT2D eigenvalue weighted by atomic mass is 16.5. The predicted molar refractivity (Wildman–Crippen MR) is 146 cm³/mol. The van der Waals surface area contributed by atoms with E-state index in [-0.39, 0.29) is 57.6 Å². The summed E-state index contributed by atoms with van der Waals surface area (Å²) in [5.74, 6) is 0.475. The zero-order valence-corrected chi connectivity index (χ0v) is 24.9. The number of carbonyl (C=O) groups excluding carboxylic acids is 4. The Morgan fingerprint density at radius 3 is 2.24 bits per heavy atom. The summed E-state index contributed by atoms with van der Waals surface area (Å²) < 4.78 is 5.12. The summed E-state index contributed by atoms with van der Waals surface area (Å²) in [5, 5.41) is 0. The fourth-order valence-corrected chi connectivity index (χ4v) is 10.6. The fourth-order valence-electron chi connectivity index (χ4n) is 10.6. The monoisotopic (exact) mass is 524 g/mol. The molecule has 0 aromatic rings. The fraction of sp³-hybridized carbons (Fsp3) is 0.818. The van der Waals surface area contributed by atoms with E-state index in [2.05, 4.69) is 41.5 Å². The molecule has 5 aliphatic rings. The standard InChI is InChI=1S/C33H48O5/c1-20(34)38-19-26(37)30(5)14-13-29(4)15-16-32(7)21(22(29)18-30)17-23(35)27-31(6)11-10-25(36)28(2,3)24(31)9-12-33(27,32)8/h17,22,24,27H,9-16,18-19H2,1-8H3/t22-,24-,27-,29-,30+,31-,32+,33-/m0/s1. The first kappa shape index (κ1) is 27.8. The minimum atomic E-state index is -0.559. The number of ether oxygens (including phenoxy) is 1. The lowest BCUT2D eigenvalue weighted by atomic mass is 9.33. The molecular weight excluding hydrogens is 476 g/mol. The van der Waals surface area contributed by atoms with Gasteiger partial charge in [-0.1, -0.05) is 54.0 Å². The normalized spacial score (nSPS) is 47.6. The van der Waals surface area contributed by atoms with Gasteiger partial charge in [-0.25, -0.2) is 0 Å². The largest absolute Gasteiger partial charge is 0.458 e. The maximum atomic E-state index is 14.3. The molecule has 5 heteroatoms. The number of allylic oxidation sites excluding steroid dienone is 2. The van der Waals surface area contributed by atoms with E-state index in [4.69, 9.17) is 4.74 Å². The molecular formula is C33H48O5. The third-order valence-electron chi connectivity index (χ3n) is 13.4. The van der Waals surface area contributed by atoms with Gasteiger partial charge in [0.25, 0.3) is 0 Å². The minimum Gasteiger partial charge on any atom is -0.458 e. The van der Waals surface area contributed by atoms with Crippen molar-refractivity contribution >= 4 is 23.3 Å². The maximum absolute atomic E-state index is 14.3. The molecule has 0 bridgehead atoms. The van der Waals surface area contributed by atoms with Crippen LogP contribution in [-0.2, 0) is 23.9 Å². The lowest BCUT2D eigenvalue weighted by Crippen LogP contribution is -2.66. The van der Waals surface area contributed by atoms with Crippen molar-refractivity contribution in [3.8, 4) is 0 Å². The van der Waals surface area contributed by atoms with Crippen molar-refractivity contribution in [1.82, 2.24) is 0 Å². The summed E-state index contributed by atoms with van der Waals surface area (Å²) in [6.45, 7) is 16.9. The van der Waals surface area contributed by atoms with Gasteiger partial charge in [0, 0.05) is 30.1 Å². The molecule has 5 rings (SSSR count). The van der Waals surface area contributed by atoms with Crippen molar-refractivity contribution in [3.63, 3.8) is 0 Å². The molecule has 0 spiro atoms. The van der Waals surface area contributed by atoms with Crippen molar-refractivity contribution in [3.05, 3.63) is 11.6 Å². The molecule has 4 saturated carbocycles.